The number of benzene rings is 2. The molecule has 0 fully saturated rings. The number of carbonyl (C=O) groups is 2. The molecule has 0 atom stereocenters. The minimum absolute atomic E-state index is 0. The molecule has 2 N–H and O–H groups in total. The fourth-order valence-corrected chi connectivity index (χ4v) is 4.12. The SMILES string of the molecule is Br.CN(C)C(=O)c1ccc2c(c1)C(=N)N(CC(=O)c1cc(C(C)(C)C)c(O)c(C(C)(C)C)c1)C2. The maximum absolute atomic E-state index is 13.4. The lowest BCUT2D eigenvalue weighted by molar-refractivity contribution is 0.0827. The van der Waals surface area contributed by atoms with Gasteiger partial charge in [-0.05, 0) is 40.7 Å². The van der Waals surface area contributed by atoms with Crippen molar-refractivity contribution < 1.29 is 14.7 Å². The molecule has 6 nitrogen and oxygen atoms in total. The molecule has 0 bridgehead atoms. The molecule has 1 aliphatic heterocycles. The van der Waals surface area contributed by atoms with Gasteiger partial charge in [0, 0.05) is 48.5 Å². The third kappa shape index (κ3) is 5.35. The highest BCUT2D eigenvalue weighted by atomic mass is 79.9. The standard InChI is InChI=1S/C27H35N3O3.BrH/c1-26(2,3)20-12-18(13-21(23(20)32)27(4,5)6)22(31)15-30-14-17-10-9-16(25(33)29(7)8)11-19(17)24(30)28;/h9-13,28,32H,14-15H2,1-8H3;1H. The van der Waals surface area contributed by atoms with Crippen LogP contribution in [0.2, 0.25) is 0 Å². The van der Waals surface area contributed by atoms with Crippen LogP contribution in [-0.4, -0.2) is 53.1 Å². The van der Waals surface area contributed by atoms with Crippen LogP contribution in [0.1, 0.15) is 84.5 Å². The highest BCUT2D eigenvalue weighted by molar-refractivity contribution is 8.93. The second-order valence-electron chi connectivity index (χ2n) is 11.1. The Bertz CT molecular complexity index is 1110. The molecule has 0 spiro atoms. The van der Waals surface area contributed by atoms with E-state index in [9.17, 15) is 14.7 Å². The number of amidine groups is 1. The molecule has 1 amide bonds. The molecule has 7 heteroatoms. The van der Waals surface area contributed by atoms with Crippen molar-refractivity contribution in [2.24, 2.45) is 0 Å². The molecule has 0 unspecified atom stereocenters. The monoisotopic (exact) mass is 529 g/mol. The lowest BCUT2D eigenvalue weighted by atomic mass is 9.78. The number of fused-ring (bicyclic) bond motifs is 1. The molecule has 1 heterocycles. The van der Waals surface area contributed by atoms with E-state index < -0.39 is 0 Å². The molecule has 3 rings (SSSR count). The summed E-state index contributed by atoms with van der Waals surface area (Å²) >= 11 is 0. The number of hydrogen-bond donors (Lipinski definition) is 2. The van der Waals surface area contributed by atoms with E-state index in [4.69, 9.17) is 5.41 Å². The Hall–Kier alpha value is -2.67. The summed E-state index contributed by atoms with van der Waals surface area (Å²) in [6, 6.07) is 8.94. The summed E-state index contributed by atoms with van der Waals surface area (Å²) in [5.41, 5.74) is 3.51. The Morgan fingerprint density at radius 2 is 1.50 bits per heavy atom. The van der Waals surface area contributed by atoms with Gasteiger partial charge in [0.15, 0.2) is 5.78 Å². The summed E-state index contributed by atoms with van der Waals surface area (Å²) in [4.78, 5) is 28.9. The average molecular weight is 531 g/mol. The first-order valence-electron chi connectivity index (χ1n) is 11.2. The first kappa shape index (κ1) is 27.6. The second-order valence-corrected chi connectivity index (χ2v) is 11.1. The van der Waals surface area contributed by atoms with Gasteiger partial charge in [-0.25, -0.2) is 0 Å². The summed E-state index contributed by atoms with van der Waals surface area (Å²) in [5, 5.41) is 19.5. The zero-order chi connectivity index (χ0) is 24.9. The number of amides is 1. The molecular formula is C27H36BrN3O3. The maximum atomic E-state index is 13.4. The van der Waals surface area contributed by atoms with E-state index in [1.54, 1.807) is 43.3 Å². The Kier molecular flexibility index (Phi) is 7.73. The number of nitrogens with zero attached hydrogens (tertiary/aromatic N) is 2. The molecule has 2 aromatic carbocycles. The molecule has 34 heavy (non-hydrogen) atoms. The summed E-state index contributed by atoms with van der Waals surface area (Å²) in [7, 11) is 3.39. The van der Waals surface area contributed by atoms with Crippen LogP contribution in [0.5, 0.6) is 5.75 Å². The zero-order valence-corrected chi connectivity index (χ0v) is 23.1. The van der Waals surface area contributed by atoms with Crippen LogP contribution in [0, 0.1) is 5.41 Å². The number of halogens is 1. The van der Waals surface area contributed by atoms with Gasteiger partial charge < -0.3 is 14.9 Å². The van der Waals surface area contributed by atoms with Gasteiger partial charge in [-0.1, -0.05) is 47.6 Å². The van der Waals surface area contributed by atoms with Gasteiger partial charge >= 0.3 is 0 Å². The third-order valence-corrected chi connectivity index (χ3v) is 6.08. The minimum atomic E-state index is -0.327. The van der Waals surface area contributed by atoms with Crippen LogP contribution in [0.3, 0.4) is 0 Å². The second kappa shape index (κ2) is 9.53. The molecule has 1 aliphatic rings. The molecule has 0 radical (unpaired) electrons. The summed E-state index contributed by atoms with van der Waals surface area (Å²) in [6.45, 7) is 12.6. The van der Waals surface area contributed by atoms with Gasteiger partial charge in [0.25, 0.3) is 5.91 Å². The number of rotatable bonds is 4. The molecule has 0 aromatic heterocycles. The fraction of sp³-hybridized carbons (Fsp3) is 0.444. The van der Waals surface area contributed by atoms with Gasteiger partial charge in [0.1, 0.15) is 11.6 Å². The van der Waals surface area contributed by atoms with E-state index in [2.05, 4.69) is 0 Å². The lowest BCUT2D eigenvalue weighted by Gasteiger charge is -2.28. The topological polar surface area (TPSA) is 84.7 Å². The molecule has 184 valence electrons. The van der Waals surface area contributed by atoms with Crippen molar-refractivity contribution in [2.75, 3.05) is 20.6 Å². The number of carbonyl (C=O) groups excluding carboxylic acids is 2. The van der Waals surface area contributed by atoms with Gasteiger partial charge in [-0.3, -0.25) is 15.0 Å². The van der Waals surface area contributed by atoms with Gasteiger partial charge in [-0.15, -0.1) is 17.0 Å². The smallest absolute Gasteiger partial charge is 0.253 e. The van der Waals surface area contributed by atoms with Crippen molar-refractivity contribution in [1.82, 2.24) is 9.80 Å². The minimum Gasteiger partial charge on any atom is -0.507 e. The molecule has 2 aromatic rings. The van der Waals surface area contributed by atoms with Crippen molar-refractivity contribution >= 4 is 34.5 Å². The summed E-state index contributed by atoms with van der Waals surface area (Å²) in [6.07, 6.45) is 0. The summed E-state index contributed by atoms with van der Waals surface area (Å²) < 4.78 is 0. The van der Waals surface area contributed by atoms with Crippen LogP contribution in [-0.2, 0) is 17.4 Å². The number of Topliss-reactive ketones (excluding diaryl/α,β-unsaturated/α-hetero) is 1. The number of hydrogen-bond acceptors (Lipinski definition) is 4. The predicted octanol–water partition coefficient (Wildman–Crippen LogP) is 5.29. The molecule has 0 aliphatic carbocycles. The van der Waals surface area contributed by atoms with Crippen molar-refractivity contribution in [3.05, 3.63) is 63.7 Å². The quantitative estimate of drug-likeness (QED) is 0.526. The van der Waals surface area contributed by atoms with Crippen LogP contribution >= 0.6 is 17.0 Å². The highest BCUT2D eigenvalue weighted by Crippen LogP contribution is 2.40. The zero-order valence-electron chi connectivity index (χ0n) is 21.4. The van der Waals surface area contributed by atoms with Gasteiger partial charge in [-0.2, -0.15) is 0 Å². The normalized spacial score (nSPS) is 13.4. The fourth-order valence-electron chi connectivity index (χ4n) is 4.12. The van der Waals surface area contributed by atoms with E-state index in [0.717, 1.165) is 16.7 Å². The van der Waals surface area contributed by atoms with Crippen molar-refractivity contribution in [3.63, 3.8) is 0 Å². The van der Waals surface area contributed by atoms with Crippen LogP contribution < -0.4 is 0 Å². The average Bonchev–Trinajstić information content (AvgIpc) is 3.00. The molecular weight excluding hydrogens is 494 g/mol. The van der Waals surface area contributed by atoms with Gasteiger partial charge in [0.05, 0.1) is 6.54 Å². The van der Waals surface area contributed by atoms with Crippen molar-refractivity contribution in [1.29, 1.82) is 5.41 Å². The third-order valence-electron chi connectivity index (χ3n) is 6.08. The first-order chi connectivity index (χ1) is 15.1. The van der Waals surface area contributed by atoms with Gasteiger partial charge in [0.2, 0.25) is 0 Å². The van der Waals surface area contributed by atoms with Crippen LogP contribution in [0.15, 0.2) is 30.3 Å². The van der Waals surface area contributed by atoms with Crippen molar-refractivity contribution in [3.8, 4) is 5.75 Å². The van der Waals surface area contributed by atoms with Crippen molar-refractivity contribution in [2.45, 2.75) is 58.9 Å². The Labute approximate surface area is 213 Å². The van der Waals surface area contributed by atoms with Crippen LogP contribution in [0.25, 0.3) is 0 Å². The number of nitrogens with one attached hydrogen (secondary N) is 1. The predicted molar refractivity (Wildman–Crippen MR) is 142 cm³/mol. The largest absolute Gasteiger partial charge is 0.507 e. The molecule has 0 saturated carbocycles. The van der Waals surface area contributed by atoms with E-state index in [1.165, 1.54) is 4.90 Å². The number of phenolic OH excluding ortho intramolecular Hbond substituents is 1. The number of aromatic hydroxyl groups is 1. The lowest BCUT2D eigenvalue weighted by Crippen LogP contribution is -2.31. The number of phenols is 1. The van der Waals surface area contributed by atoms with E-state index >= 15 is 0 Å². The maximum Gasteiger partial charge on any atom is 0.253 e. The van der Waals surface area contributed by atoms with E-state index in [-0.39, 0.29) is 57.6 Å². The highest BCUT2D eigenvalue weighted by Gasteiger charge is 2.30. The van der Waals surface area contributed by atoms with Crippen LogP contribution in [0.4, 0.5) is 0 Å². The van der Waals surface area contributed by atoms with E-state index in [1.807, 2.05) is 47.6 Å². The Balaban J connectivity index is 0.00000408. The number of ketones is 1. The molecule has 0 saturated heterocycles. The first-order valence-corrected chi connectivity index (χ1v) is 11.2. The summed E-state index contributed by atoms with van der Waals surface area (Å²) in [5.74, 6) is 0.269. The van der Waals surface area contributed by atoms with E-state index in [0.29, 0.717) is 23.2 Å². The Morgan fingerprint density at radius 3 is 1.97 bits per heavy atom. The Morgan fingerprint density at radius 1 is 0.971 bits per heavy atom.